The molecule has 0 unspecified atom stereocenters. The molecule has 0 saturated carbocycles. The van der Waals surface area contributed by atoms with E-state index >= 15 is 0 Å². The lowest BCUT2D eigenvalue weighted by Gasteiger charge is -2.25. The van der Waals surface area contributed by atoms with Crippen LogP contribution in [0.2, 0.25) is 0 Å². The van der Waals surface area contributed by atoms with Crippen LogP contribution in [0, 0.1) is 11.3 Å². The molecule has 0 spiro atoms. The molecule has 0 heterocycles. The van der Waals surface area contributed by atoms with Gasteiger partial charge in [-0.1, -0.05) is 27.7 Å². The topological polar surface area (TPSA) is 57.6 Å². The Balaban J connectivity index is 4.10. The van der Waals surface area contributed by atoms with Gasteiger partial charge in [0.25, 0.3) is 0 Å². The molecule has 0 aliphatic rings. The van der Waals surface area contributed by atoms with Crippen LogP contribution in [0.15, 0.2) is 0 Å². The van der Waals surface area contributed by atoms with E-state index in [9.17, 15) is 9.59 Å². The third kappa shape index (κ3) is 4.64. The zero-order valence-corrected chi connectivity index (χ0v) is 10.9. The van der Waals surface area contributed by atoms with E-state index in [1.165, 1.54) is 4.90 Å². The van der Waals surface area contributed by atoms with Crippen molar-refractivity contribution in [2.45, 2.75) is 40.5 Å². The Morgan fingerprint density at radius 3 is 2.19 bits per heavy atom. The lowest BCUT2D eigenvalue weighted by Crippen LogP contribution is -2.31. The minimum absolute atomic E-state index is 0.0344. The van der Waals surface area contributed by atoms with Gasteiger partial charge < -0.3 is 10.0 Å². The smallest absolute Gasteiger partial charge is 0.407 e. The maximum absolute atomic E-state index is 11.8. The number of carbonyl (C=O) groups is 2. The van der Waals surface area contributed by atoms with E-state index in [4.69, 9.17) is 5.11 Å². The summed E-state index contributed by atoms with van der Waals surface area (Å²) in [6, 6.07) is 0. The molecule has 94 valence electrons. The van der Waals surface area contributed by atoms with Crippen LogP contribution >= 0.6 is 0 Å². The number of amides is 1. The van der Waals surface area contributed by atoms with Crippen LogP contribution in [-0.2, 0) is 4.79 Å². The maximum atomic E-state index is 11.8. The van der Waals surface area contributed by atoms with Crippen molar-refractivity contribution < 1.29 is 14.7 Å². The number of hydrogen-bond acceptors (Lipinski definition) is 2. The van der Waals surface area contributed by atoms with Gasteiger partial charge in [0.2, 0.25) is 0 Å². The van der Waals surface area contributed by atoms with Gasteiger partial charge in [0.05, 0.1) is 0 Å². The van der Waals surface area contributed by atoms with Gasteiger partial charge in [-0.15, -0.1) is 0 Å². The third-order valence-electron chi connectivity index (χ3n) is 2.81. The zero-order valence-electron chi connectivity index (χ0n) is 10.9. The van der Waals surface area contributed by atoms with Crippen molar-refractivity contribution >= 4 is 11.9 Å². The van der Waals surface area contributed by atoms with Crippen molar-refractivity contribution in [1.29, 1.82) is 0 Å². The van der Waals surface area contributed by atoms with Crippen molar-refractivity contribution in [2.75, 3.05) is 13.6 Å². The highest BCUT2D eigenvalue weighted by Gasteiger charge is 2.28. The first kappa shape index (κ1) is 14.9. The molecule has 16 heavy (non-hydrogen) atoms. The number of carbonyl (C=O) groups excluding carboxylic acids is 1. The molecule has 4 nitrogen and oxygen atoms in total. The van der Waals surface area contributed by atoms with Crippen molar-refractivity contribution in [2.24, 2.45) is 11.3 Å². The highest BCUT2D eigenvalue weighted by atomic mass is 16.4. The summed E-state index contributed by atoms with van der Waals surface area (Å²) in [4.78, 5) is 23.6. The summed E-state index contributed by atoms with van der Waals surface area (Å²) in [5.41, 5.74) is -0.354. The van der Waals surface area contributed by atoms with Crippen molar-refractivity contribution in [3.63, 3.8) is 0 Å². The normalized spacial score (nSPS) is 11.6. The van der Waals surface area contributed by atoms with Crippen LogP contribution in [0.1, 0.15) is 40.5 Å². The summed E-state index contributed by atoms with van der Waals surface area (Å²) in [5.74, 6) is 0.276. The average molecular weight is 229 g/mol. The Kier molecular flexibility index (Phi) is 5.48. The molecule has 0 aromatic rings. The van der Waals surface area contributed by atoms with Crippen LogP contribution in [0.25, 0.3) is 0 Å². The molecule has 0 atom stereocenters. The van der Waals surface area contributed by atoms with E-state index in [0.29, 0.717) is 13.0 Å². The highest BCUT2D eigenvalue weighted by molar-refractivity contribution is 5.85. The Labute approximate surface area is 97.6 Å². The largest absolute Gasteiger partial charge is 0.465 e. The lowest BCUT2D eigenvalue weighted by atomic mass is 9.79. The summed E-state index contributed by atoms with van der Waals surface area (Å²) < 4.78 is 0. The summed E-state index contributed by atoms with van der Waals surface area (Å²) in [6.45, 7) is 8.12. The Morgan fingerprint density at radius 2 is 1.81 bits per heavy atom. The molecule has 4 heteroatoms. The van der Waals surface area contributed by atoms with E-state index in [2.05, 4.69) is 0 Å². The summed E-state index contributed by atoms with van der Waals surface area (Å²) in [7, 11) is 1.54. The summed E-state index contributed by atoms with van der Waals surface area (Å²) in [6.07, 6.45) is 0.517. The molecule has 0 saturated heterocycles. The van der Waals surface area contributed by atoms with E-state index in [0.717, 1.165) is 6.42 Å². The van der Waals surface area contributed by atoms with Crippen LogP contribution in [0.5, 0.6) is 0 Å². The molecule has 0 bridgehead atoms. The molecule has 0 aliphatic carbocycles. The van der Waals surface area contributed by atoms with Gasteiger partial charge in [-0.3, -0.25) is 4.79 Å². The average Bonchev–Trinajstić information content (AvgIpc) is 2.15. The molecule has 0 aliphatic heterocycles. The second-order valence-corrected chi connectivity index (χ2v) is 5.21. The molecule has 0 radical (unpaired) electrons. The Bertz CT molecular complexity index is 259. The van der Waals surface area contributed by atoms with Gasteiger partial charge in [0, 0.05) is 24.9 Å². The van der Waals surface area contributed by atoms with Gasteiger partial charge >= 0.3 is 6.09 Å². The first-order valence-electron chi connectivity index (χ1n) is 5.67. The standard InChI is InChI=1S/C12H23NO3/c1-9(2)10(14)12(3,4)7-6-8-13(5)11(15)16/h9H,6-8H2,1-5H3,(H,15,16). The number of rotatable bonds is 6. The predicted molar refractivity (Wildman–Crippen MR) is 63.5 cm³/mol. The summed E-state index contributed by atoms with van der Waals surface area (Å²) in [5, 5.41) is 8.67. The van der Waals surface area contributed by atoms with E-state index < -0.39 is 6.09 Å². The maximum Gasteiger partial charge on any atom is 0.407 e. The molecule has 0 rings (SSSR count). The molecule has 0 aromatic carbocycles. The monoisotopic (exact) mass is 229 g/mol. The number of ketones is 1. The fourth-order valence-corrected chi connectivity index (χ4v) is 1.76. The minimum Gasteiger partial charge on any atom is -0.465 e. The van der Waals surface area contributed by atoms with Crippen molar-refractivity contribution in [3.8, 4) is 0 Å². The van der Waals surface area contributed by atoms with Crippen LogP contribution in [0.4, 0.5) is 4.79 Å². The second-order valence-electron chi connectivity index (χ2n) is 5.21. The Hall–Kier alpha value is -1.06. The molecule has 1 amide bonds. The van der Waals surface area contributed by atoms with Crippen LogP contribution in [0.3, 0.4) is 0 Å². The van der Waals surface area contributed by atoms with Gasteiger partial charge in [-0.2, -0.15) is 0 Å². The first-order chi connectivity index (χ1) is 7.18. The molecule has 0 fully saturated rings. The SMILES string of the molecule is CC(C)C(=O)C(C)(C)CCCN(C)C(=O)O. The zero-order chi connectivity index (χ0) is 12.9. The molecule has 0 aromatic heterocycles. The van der Waals surface area contributed by atoms with Gasteiger partial charge in [-0.25, -0.2) is 4.79 Å². The van der Waals surface area contributed by atoms with Gasteiger partial charge in [0.15, 0.2) is 0 Å². The fourth-order valence-electron chi connectivity index (χ4n) is 1.76. The van der Waals surface area contributed by atoms with Gasteiger partial charge in [0.1, 0.15) is 5.78 Å². The minimum atomic E-state index is -0.923. The van der Waals surface area contributed by atoms with E-state index in [-0.39, 0.29) is 17.1 Å². The molecular weight excluding hydrogens is 206 g/mol. The fraction of sp³-hybridized carbons (Fsp3) is 0.833. The van der Waals surface area contributed by atoms with Crippen LogP contribution < -0.4 is 0 Å². The number of nitrogens with zero attached hydrogens (tertiary/aromatic N) is 1. The molecular formula is C12H23NO3. The van der Waals surface area contributed by atoms with E-state index in [1.54, 1.807) is 7.05 Å². The third-order valence-corrected chi connectivity index (χ3v) is 2.81. The Morgan fingerprint density at radius 1 is 1.31 bits per heavy atom. The molecule has 1 N–H and O–H groups in total. The van der Waals surface area contributed by atoms with Crippen LogP contribution in [-0.4, -0.2) is 35.5 Å². The van der Waals surface area contributed by atoms with Crippen molar-refractivity contribution in [3.05, 3.63) is 0 Å². The number of Topliss-reactive ketones (excluding diaryl/α,β-unsaturated/α-hetero) is 1. The van der Waals surface area contributed by atoms with E-state index in [1.807, 2.05) is 27.7 Å². The predicted octanol–water partition coefficient (Wildman–Crippen LogP) is 2.63. The lowest BCUT2D eigenvalue weighted by molar-refractivity contribution is -0.130. The summed E-state index contributed by atoms with van der Waals surface area (Å²) >= 11 is 0. The first-order valence-corrected chi connectivity index (χ1v) is 5.67. The number of hydrogen-bond donors (Lipinski definition) is 1. The van der Waals surface area contributed by atoms with Crippen molar-refractivity contribution in [1.82, 2.24) is 4.90 Å². The quantitative estimate of drug-likeness (QED) is 0.761. The number of carboxylic acid groups (broad SMARTS) is 1. The second kappa shape index (κ2) is 5.87. The van der Waals surface area contributed by atoms with Gasteiger partial charge in [-0.05, 0) is 12.8 Å². The highest BCUT2D eigenvalue weighted by Crippen LogP contribution is 2.27.